The van der Waals surface area contributed by atoms with Gasteiger partial charge in [-0.2, -0.15) is 0 Å². The van der Waals surface area contributed by atoms with Crippen molar-refractivity contribution in [1.29, 1.82) is 0 Å². The van der Waals surface area contributed by atoms with Gasteiger partial charge in [0.15, 0.2) is 0 Å². The van der Waals surface area contributed by atoms with Crippen LogP contribution in [0.2, 0.25) is 0 Å². The highest BCUT2D eigenvalue weighted by molar-refractivity contribution is 5.64. The number of nitrogens with one attached hydrogen (secondary N) is 1. The second kappa shape index (κ2) is 6.02. The normalized spacial score (nSPS) is 11.0. The standard InChI is InChI=1S/C20H17FN4/c1-13-3-4-15(21)11-17(13)20-23-9-10-25(20)16-5-6-18(24-12-16)19-14(2)7-8-22-19/h3-12,22H,1-2H3. The van der Waals surface area contributed by atoms with Crippen LogP contribution in [0.4, 0.5) is 4.39 Å². The monoisotopic (exact) mass is 332 g/mol. The van der Waals surface area contributed by atoms with Crippen molar-refractivity contribution in [3.05, 3.63) is 78.1 Å². The molecular weight excluding hydrogens is 315 g/mol. The second-order valence-electron chi connectivity index (χ2n) is 6.02. The molecule has 0 saturated carbocycles. The fourth-order valence-electron chi connectivity index (χ4n) is 2.95. The van der Waals surface area contributed by atoms with Gasteiger partial charge in [-0.1, -0.05) is 6.07 Å². The lowest BCUT2D eigenvalue weighted by Gasteiger charge is -2.10. The van der Waals surface area contributed by atoms with E-state index >= 15 is 0 Å². The quantitative estimate of drug-likeness (QED) is 0.592. The molecule has 0 aliphatic heterocycles. The smallest absolute Gasteiger partial charge is 0.144 e. The lowest BCUT2D eigenvalue weighted by atomic mass is 10.1. The van der Waals surface area contributed by atoms with Crippen molar-refractivity contribution in [2.24, 2.45) is 0 Å². The molecule has 1 N–H and O–H groups in total. The first-order chi connectivity index (χ1) is 12.1. The van der Waals surface area contributed by atoms with E-state index in [0.717, 1.165) is 33.8 Å². The highest BCUT2D eigenvalue weighted by atomic mass is 19.1. The first-order valence-corrected chi connectivity index (χ1v) is 8.04. The zero-order valence-electron chi connectivity index (χ0n) is 14.0. The van der Waals surface area contributed by atoms with E-state index in [1.165, 1.54) is 12.1 Å². The van der Waals surface area contributed by atoms with Crippen LogP contribution in [0.15, 0.2) is 61.2 Å². The van der Waals surface area contributed by atoms with Gasteiger partial charge in [-0.3, -0.25) is 9.55 Å². The van der Waals surface area contributed by atoms with Crippen molar-refractivity contribution in [2.75, 3.05) is 0 Å². The Labute approximate surface area is 145 Å². The minimum Gasteiger partial charge on any atom is -0.360 e. The van der Waals surface area contributed by atoms with Crippen molar-refractivity contribution in [1.82, 2.24) is 19.5 Å². The number of pyridine rings is 1. The molecule has 4 aromatic rings. The first-order valence-electron chi connectivity index (χ1n) is 8.04. The molecule has 0 aliphatic rings. The van der Waals surface area contributed by atoms with Crippen LogP contribution in [0.25, 0.3) is 28.5 Å². The number of aromatic amines is 1. The Morgan fingerprint density at radius 2 is 1.88 bits per heavy atom. The summed E-state index contributed by atoms with van der Waals surface area (Å²) >= 11 is 0. The molecule has 124 valence electrons. The molecule has 3 heterocycles. The first kappa shape index (κ1) is 15.3. The predicted octanol–water partition coefficient (Wildman–Crippen LogP) is 4.69. The maximum atomic E-state index is 13.7. The molecule has 5 heteroatoms. The Kier molecular flexibility index (Phi) is 3.69. The highest BCUT2D eigenvalue weighted by Crippen LogP contribution is 2.26. The van der Waals surface area contributed by atoms with E-state index in [-0.39, 0.29) is 5.82 Å². The lowest BCUT2D eigenvalue weighted by Crippen LogP contribution is -1.99. The summed E-state index contributed by atoms with van der Waals surface area (Å²) in [6.45, 7) is 3.99. The third-order valence-electron chi connectivity index (χ3n) is 4.32. The molecule has 0 unspecified atom stereocenters. The Balaban J connectivity index is 1.76. The Morgan fingerprint density at radius 3 is 2.60 bits per heavy atom. The molecule has 4 rings (SSSR count). The molecule has 4 nitrogen and oxygen atoms in total. The van der Waals surface area contributed by atoms with Gasteiger partial charge in [-0.15, -0.1) is 0 Å². The molecule has 0 aliphatic carbocycles. The number of H-pyrrole nitrogens is 1. The maximum Gasteiger partial charge on any atom is 0.144 e. The van der Waals surface area contributed by atoms with E-state index in [9.17, 15) is 4.39 Å². The van der Waals surface area contributed by atoms with Crippen LogP contribution in [0.3, 0.4) is 0 Å². The number of hydrogen-bond donors (Lipinski definition) is 1. The lowest BCUT2D eigenvalue weighted by molar-refractivity contribution is 0.627. The van der Waals surface area contributed by atoms with Crippen LogP contribution in [-0.4, -0.2) is 19.5 Å². The summed E-state index contributed by atoms with van der Waals surface area (Å²) in [7, 11) is 0. The summed E-state index contributed by atoms with van der Waals surface area (Å²) in [4.78, 5) is 12.2. The molecule has 0 bridgehead atoms. The SMILES string of the molecule is Cc1ccc(F)cc1-c1nccn1-c1ccc(-c2[nH]ccc2C)nc1. The van der Waals surface area contributed by atoms with Gasteiger partial charge in [0, 0.05) is 24.2 Å². The fraction of sp³-hybridized carbons (Fsp3) is 0.100. The van der Waals surface area contributed by atoms with E-state index in [4.69, 9.17) is 0 Å². The van der Waals surface area contributed by atoms with Crippen molar-refractivity contribution in [3.8, 4) is 28.5 Å². The topological polar surface area (TPSA) is 46.5 Å². The molecule has 0 atom stereocenters. The predicted molar refractivity (Wildman–Crippen MR) is 96.0 cm³/mol. The van der Waals surface area contributed by atoms with E-state index < -0.39 is 0 Å². The van der Waals surface area contributed by atoms with Gasteiger partial charge in [-0.05, 0) is 55.3 Å². The van der Waals surface area contributed by atoms with Crippen molar-refractivity contribution >= 4 is 0 Å². The Morgan fingerprint density at radius 1 is 1.00 bits per heavy atom. The van der Waals surface area contributed by atoms with Gasteiger partial charge in [-0.25, -0.2) is 9.37 Å². The van der Waals surface area contributed by atoms with Crippen LogP contribution in [0.5, 0.6) is 0 Å². The van der Waals surface area contributed by atoms with E-state index in [1.807, 2.05) is 49.0 Å². The zero-order chi connectivity index (χ0) is 17.4. The zero-order valence-corrected chi connectivity index (χ0v) is 14.0. The second-order valence-corrected chi connectivity index (χ2v) is 6.02. The Hall–Kier alpha value is -3.21. The average Bonchev–Trinajstić information content (AvgIpc) is 3.26. The van der Waals surface area contributed by atoms with Crippen LogP contribution >= 0.6 is 0 Å². The molecule has 0 saturated heterocycles. The summed E-state index contributed by atoms with van der Waals surface area (Å²) in [5.41, 5.74) is 5.67. The number of imidazole rings is 1. The number of hydrogen-bond acceptors (Lipinski definition) is 2. The van der Waals surface area contributed by atoms with Crippen LogP contribution in [0.1, 0.15) is 11.1 Å². The van der Waals surface area contributed by atoms with Gasteiger partial charge in [0.05, 0.1) is 23.3 Å². The minimum absolute atomic E-state index is 0.272. The van der Waals surface area contributed by atoms with Crippen LogP contribution < -0.4 is 0 Å². The summed E-state index contributed by atoms with van der Waals surface area (Å²) in [6.07, 6.45) is 7.27. The van der Waals surface area contributed by atoms with Crippen LogP contribution in [-0.2, 0) is 0 Å². The number of aryl methyl sites for hydroxylation is 2. The highest BCUT2D eigenvalue weighted by Gasteiger charge is 2.12. The Bertz CT molecular complexity index is 1030. The number of nitrogens with zero attached hydrogens (tertiary/aromatic N) is 3. The van der Waals surface area contributed by atoms with Gasteiger partial charge in [0.2, 0.25) is 0 Å². The van der Waals surface area contributed by atoms with Crippen molar-refractivity contribution < 1.29 is 4.39 Å². The fourth-order valence-corrected chi connectivity index (χ4v) is 2.95. The largest absolute Gasteiger partial charge is 0.360 e. The molecule has 0 amide bonds. The average molecular weight is 332 g/mol. The molecule has 0 fully saturated rings. The molecule has 1 aromatic carbocycles. The summed E-state index contributed by atoms with van der Waals surface area (Å²) < 4.78 is 15.6. The molecule has 3 aromatic heterocycles. The number of halogens is 1. The van der Waals surface area contributed by atoms with Gasteiger partial charge in [0.25, 0.3) is 0 Å². The third-order valence-corrected chi connectivity index (χ3v) is 4.32. The minimum atomic E-state index is -0.272. The summed E-state index contributed by atoms with van der Waals surface area (Å²) in [6, 6.07) is 10.7. The van der Waals surface area contributed by atoms with Crippen molar-refractivity contribution in [2.45, 2.75) is 13.8 Å². The van der Waals surface area contributed by atoms with Gasteiger partial charge in [0.1, 0.15) is 11.6 Å². The van der Waals surface area contributed by atoms with Crippen LogP contribution in [0, 0.1) is 19.7 Å². The number of aromatic nitrogens is 4. The van der Waals surface area contributed by atoms with E-state index in [1.54, 1.807) is 18.5 Å². The maximum absolute atomic E-state index is 13.7. The summed E-state index contributed by atoms with van der Waals surface area (Å²) in [5, 5.41) is 0. The van der Waals surface area contributed by atoms with Gasteiger partial charge < -0.3 is 4.98 Å². The number of rotatable bonds is 3. The molecule has 0 radical (unpaired) electrons. The van der Waals surface area contributed by atoms with E-state index in [2.05, 4.69) is 15.0 Å². The molecule has 25 heavy (non-hydrogen) atoms. The molecule has 0 spiro atoms. The summed E-state index contributed by atoms with van der Waals surface area (Å²) in [5.74, 6) is 0.424. The number of benzene rings is 1. The van der Waals surface area contributed by atoms with Gasteiger partial charge >= 0.3 is 0 Å². The third kappa shape index (κ3) is 2.74. The molecular formula is C20H17FN4. The van der Waals surface area contributed by atoms with Crippen molar-refractivity contribution in [3.63, 3.8) is 0 Å². The van der Waals surface area contributed by atoms with E-state index in [0.29, 0.717) is 5.82 Å².